The molecular weight excluding hydrogens is 266 g/mol. The zero-order chi connectivity index (χ0) is 15.0. The second-order valence-electron chi connectivity index (χ2n) is 6.13. The maximum Gasteiger partial charge on any atom is 0.363 e. The number of hydrogen-bond donors (Lipinski definition) is 0. The molecule has 3 rings (SSSR count). The summed E-state index contributed by atoms with van der Waals surface area (Å²) in [5, 5.41) is 0. The lowest BCUT2D eigenvalue weighted by Crippen LogP contribution is -2.21. The van der Waals surface area contributed by atoms with Gasteiger partial charge in [-0.2, -0.15) is 0 Å². The molecule has 0 N–H and O–H groups in total. The predicted octanol–water partition coefficient (Wildman–Crippen LogP) is 3.35. The van der Waals surface area contributed by atoms with E-state index in [0.29, 0.717) is 18.2 Å². The maximum atomic E-state index is 11.9. The van der Waals surface area contributed by atoms with Gasteiger partial charge in [-0.15, -0.1) is 0 Å². The van der Waals surface area contributed by atoms with E-state index in [-0.39, 0.29) is 5.41 Å². The Morgan fingerprint density at radius 3 is 2.71 bits per heavy atom. The van der Waals surface area contributed by atoms with Gasteiger partial charge in [0.05, 0.1) is 0 Å². The van der Waals surface area contributed by atoms with E-state index in [1.807, 2.05) is 51.1 Å². The number of cyclic esters (lactones) is 1. The van der Waals surface area contributed by atoms with Gasteiger partial charge in [-0.3, -0.25) is 0 Å². The van der Waals surface area contributed by atoms with Gasteiger partial charge in [0, 0.05) is 11.0 Å². The van der Waals surface area contributed by atoms with Crippen LogP contribution in [0.5, 0.6) is 5.75 Å². The Bertz CT molecular complexity index is 690. The molecule has 2 aliphatic rings. The summed E-state index contributed by atoms with van der Waals surface area (Å²) in [6.45, 7) is 6.30. The number of fused-ring (bicyclic) bond motifs is 1. The number of rotatable bonds is 1. The van der Waals surface area contributed by atoms with E-state index in [2.05, 4.69) is 4.99 Å². The van der Waals surface area contributed by atoms with Crippen LogP contribution in [0, 0.1) is 5.41 Å². The number of esters is 1. The standard InChI is InChI=1S/C17H17NO3/c1-17(2,3)16-18-13(15(19)21-16)9-11-8-12-6-4-5-7-14(12)20-10-11/h4-9H,10H2,1-3H3. The topological polar surface area (TPSA) is 47.9 Å². The maximum absolute atomic E-state index is 11.9. The lowest BCUT2D eigenvalue weighted by molar-refractivity contribution is -0.130. The van der Waals surface area contributed by atoms with Crippen LogP contribution < -0.4 is 4.74 Å². The van der Waals surface area contributed by atoms with Gasteiger partial charge in [0.2, 0.25) is 5.90 Å². The second-order valence-corrected chi connectivity index (χ2v) is 6.13. The molecule has 1 aromatic rings. The Morgan fingerprint density at radius 2 is 2.00 bits per heavy atom. The van der Waals surface area contributed by atoms with Crippen LogP contribution in [0.1, 0.15) is 26.3 Å². The van der Waals surface area contributed by atoms with Crippen LogP contribution in [0.4, 0.5) is 0 Å². The van der Waals surface area contributed by atoms with Gasteiger partial charge in [0.25, 0.3) is 0 Å². The fraction of sp³-hybridized carbons (Fsp3) is 0.294. The first-order valence-corrected chi connectivity index (χ1v) is 6.89. The lowest BCUT2D eigenvalue weighted by atomic mass is 9.97. The molecule has 0 aromatic heterocycles. The van der Waals surface area contributed by atoms with E-state index in [1.165, 1.54) is 0 Å². The first kappa shape index (κ1) is 13.6. The van der Waals surface area contributed by atoms with Crippen LogP contribution in [0.3, 0.4) is 0 Å². The number of carbonyl (C=O) groups excluding carboxylic acids is 1. The molecule has 1 aromatic carbocycles. The van der Waals surface area contributed by atoms with Crippen molar-refractivity contribution >= 4 is 17.9 Å². The number of para-hydroxylation sites is 1. The van der Waals surface area contributed by atoms with E-state index in [1.54, 1.807) is 6.08 Å². The Labute approximate surface area is 123 Å². The SMILES string of the molecule is CC(C)(C)C1=NC(=CC2=Cc3ccccc3OC2)C(=O)O1. The molecule has 4 heteroatoms. The fourth-order valence-corrected chi connectivity index (χ4v) is 2.12. The molecule has 0 radical (unpaired) electrons. The minimum Gasteiger partial charge on any atom is -0.488 e. The summed E-state index contributed by atoms with van der Waals surface area (Å²) in [7, 11) is 0. The zero-order valence-corrected chi connectivity index (χ0v) is 12.3. The molecule has 0 spiro atoms. The minimum atomic E-state index is -0.403. The summed E-state index contributed by atoms with van der Waals surface area (Å²) in [6, 6.07) is 7.79. The van der Waals surface area contributed by atoms with E-state index < -0.39 is 5.97 Å². The molecule has 0 bridgehead atoms. The van der Waals surface area contributed by atoms with Crippen LogP contribution in [0.15, 0.2) is 46.6 Å². The van der Waals surface area contributed by atoms with E-state index in [4.69, 9.17) is 9.47 Å². The molecule has 2 heterocycles. The van der Waals surface area contributed by atoms with E-state index >= 15 is 0 Å². The van der Waals surface area contributed by atoms with E-state index in [0.717, 1.165) is 16.9 Å². The Balaban J connectivity index is 1.92. The zero-order valence-electron chi connectivity index (χ0n) is 12.3. The highest BCUT2D eigenvalue weighted by atomic mass is 16.6. The highest BCUT2D eigenvalue weighted by molar-refractivity contribution is 6.06. The third kappa shape index (κ3) is 2.75. The minimum absolute atomic E-state index is 0.282. The molecule has 0 amide bonds. The highest BCUT2D eigenvalue weighted by Gasteiger charge is 2.31. The molecule has 0 saturated heterocycles. The van der Waals surface area contributed by atoms with Crippen molar-refractivity contribution in [3.8, 4) is 5.75 Å². The van der Waals surface area contributed by atoms with Crippen LogP contribution in [-0.4, -0.2) is 18.5 Å². The number of carbonyl (C=O) groups is 1. The molecule has 21 heavy (non-hydrogen) atoms. The van der Waals surface area contributed by atoms with Crippen molar-refractivity contribution < 1.29 is 14.3 Å². The molecule has 0 atom stereocenters. The fourth-order valence-electron chi connectivity index (χ4n) is 2.12. The monoisotopic (exact) mass is 283 g/mol. The first-order chi connectivity index (χ1) is 9.93. The quantitative estimate of drug-likeness (QED) is 0.586. The number of benzene rings is 1. The lowest BCUT2D eigenvalue weighted by Gasteiger charge is -2.15. The molecule has 0 fully saturated rings. The second kappa shape index (κ2) is 4.88. The van der Waals surface area contributed by atoms with Crippen molar-refractivity contribution in [2.24, 2.45) is 10.4 Å². The summed E-state index contributed by atoms with van der Waals surface area (Å²) >= 11 is 0. The van der Waals surface area contributed by atoms with Gasteiger partial charge >= 0.3 is 5.97 Å². The smallest absolute Gasteiger partial charge is 0.363 e. The molecule has 108 valence electrons. The molecule has 2 aliphatic heterocycles. The molecule has 0 aliphatic carbocycles. The largest absolute Gasteiger partial charge is 0.488 e. The number of ether oxygens (including phenoxy) is 2. The molecule has 0 unspecified atom stereocenters. The van der Waals surface area contributed by atoms with Gasteiger partial charge in [0.1, 0.15) is 12.4 Å². The van der Waals surface area contributed by atoms with Gasteiger partial charge in [-0.05, 0) is 23.8 Å². The van der Waals surface area contributed by atoms with Gasteiger partial charge in [0.15, 0.2) is 5.70 Å². The van der Waals surface area contributed by atoms with Crippen molar-refractivity contribution in [3.05, 3.63) is 47.2 Å². The highest BCUT2D eigenvalue weighted by Crippen LogP contribution is 2.29. The normalized spacial score (nSPS) is 19.6. The Kier molecular flexibility index (Phi) is 3.16. The Hall–Kier alpha value is -2.36. The van der Waals surface area contributed by atoms with Crippen molar-refractivity contribution in [2.75, 3.05) is 6.61 Å². The van der Waals surface area contributed by atoms with Crippen LogP contribution in [0.2, 0.25) is 0 Å². The third-order valence-corrected chi connectivity index (χ3v) is 3.24. The number of aliphatic imine (C=N–C) groups is 1. The number of nitrogens with zero attached hydrogens (tertiary/aromatic N) is 1. The van der Waals surface area contributed by atoms with Gasteiger partial charge in [-0.25, -0.2) is 9.79 Å². The van der Waals surface area contributed by atoms with Crippen molar-refractivity contribution in [1.82, 2.24) is 0 Å². The van der Waals surface area contributed by atoms with Crippen LogP contribution in [-0.2, 0) is 9.53 Å². The average molecular weight is 283 g/mol. The summed E-state index contributed by atoms with van der Waals surface area (Å²) < 4.78 is 10.9. The van der Waals surface area contributed by atoms with Gasteiger partial charge in [-0.1, -0.05) is 39.0 Å². The third-order valence-electron chi connectivity index (χ3n) is 3.24. The first-order valence-electron chi connectivity index (χ1n) is 6.89. The van der Waals surface area contributed by atoms with Crippen molar-refractivity contribution in [2.45, 2.75) is 20.8 Å². The molecule has 4 nitrogen and oxygen atoms in total. The van der Waals surface area contributed by atoms with Crippen LogP contribution >= 0.6 is 0 Å². The van der Waals surface area contributed by atoms with Gasteiger partial charge < -0.3 is 9.47 Å². The van der Waals surface area contributed by atoms with E-state index in [9.17, 15) is 4.79 Å². The molecule has 0 saturated carbocycles. The summed E-state index contributed by atoms with van der Waals surface area (Å²) in [4.78, 5) is 16.2. The summed E-state index contributed by atoms with van der Waals surface area (Å²) in [5.74, 6) is 0.906. The van der Waals surface area contributed by atoms with Crippen molar-refractivity contribution in [3.63, 3.8) is 0 Å². The molecular formula is C17H17NO3. The number of hydrogen-bond acceptors (Lipinski definition) is 4. The Morgan fingerprint density at radius 1 is 1.24 bits per heavy atom. The predicted molar refractivity (Wildman–Crippen MR) is 81.0 cm³/mol. The average Bonchev–Trinajstić information content (AvgIpc) is 2.80. The van der Waals surface area contributed by atoms with Crippen molar-refractivity contribution in [1.29, 1.82) is 0 Å². The van der Waals surface area contributed by atoms with Crippen LogP contribution in [0.25, 0.3) is 6.08 Å². The summed E-state index contributed by atoms with van der Waals surface area (Å²) in [6.07, 6.45) is 3.74. The summed E-state index contributed by atoms with van der Waals surface area (Å²) in [5.41, 5.74) is 1.95.